The first-order chi connectivity index (χ1) is 7.36. The molecule has 4 nitrogen and oxygen atoms in total. The van der Waals surface area contributed by atoms with Gasteiger partial charge in [0, 0.05) is 24.5 Å². The first-order valence-electron chi connectivity index (χ1n) is 6.01. The average molecular weight is 231 g/mol. The summed E-state index contributed by atoms with van der Waals surface area (Å²) < 4.78 is 5.49. The fourth-order valence-electron chi connectivity index (χ4n) is 1.86. The summed E-state index contributed by atoms with van der Waals surface area (Å²) in [5, 5.41) is 18.8. The summed E-state index contributed by atoms with van der Waals surface area (Å²) >= 11 is 0. The molecule has 0 aliphatic carbocycles. The lowest BCUT2D eigenvalue weighted by Crippen LogP contribution is -2.53. The van der Waals surface area contributed by atoms with Crippen molar-refractivity contribution in [2.24, 2.45) is 5.41 Å². The van der Waals surface area contributed by atoms with E-state index in [0.717, 1.165) is 13.1 Å². The zero-order valence-corrected chi connectivity index (χ0v) is 10.8. The Morgan fingerprint density at radius 3 is 2.62 bits per heavy atom. The average Bonchev–Trinajstić information content (AvgIpc) is 2.21. The highest BCUT2D eigenvalue weighted by Crippen LogP contribution is 2.24. The number of morpholine rings is 1. The molecule has 3 unspecified atom stereocenters. The van der Waals surface area contributed by atoms with Crippen molar-refractivity contribution in [1.29, 1.82) is 0 Å². The molecular formula is C12H25NO3. The number of hydrogen-bond acceptors (Lipinski definition) is 4. The van der Waals surface area contributed by atoms with Crippen LogP contribution in [0.3, 0.4) is 0 Å². The second-order valence-corrected chi connectivity index (χ2v) is 5.58. The molecule has 0 aromatic carbocycles. The lowest BCUT2D eigenvalue weighted by Gasteiger charge is -2.42. The molecule has 1 heterocycles. The van der Waals surface area contributed by atoms with Crippen LogP contribution >= 0.6 is 0 Å². The van der Waals surface area contributed by atoms with Gasteiger partial charge in [-0.1, -0.05) is 13.8 Å². The molecule has 0 spiro atoms. The molecule has 1 aliphatic heterocycles. The van der Waals surface area contributed by atoms with Crippen LogP contribution in [-0.4, -0.2) is 59.7 Å². The van der Waals surface area contributed by atoms with Crippen LogP contribution in [0.4, 0.5) is 0 Å². The maximum Gasteiger partial charge on any atom is 0.0933 e. The third-order valence-electron chi connectivity index (χ3n) is 3.58. The minimum Gasteiger partial charge on any atom is -0.394 e. The molecule has 1 saturated heterocycles. The van der Waals surface area contributed by atoms with Crippen molar-refractivity contribution in [1.82, 2.24) is 4.90 Å². The van der Waals surface area contributed by atoms with Crippen LogP contribution in [0.1, 0.15) is 27.7 Å². The molecule has 2 N–H and O–H groups in total. The Morgan fingerprint density at radius 2 is 2.12 bits per heavy atom. The zero-order chi connectivity index (χ0) is 12.3. The quantitative estimate of drug-likeness (QED) is 0.739. The predicted molar refractivity (Wildman–Crippen MR) is 63.3 cm³/mol. The summed E-state index contributed by atoms with van der Waals surface area (Å²) in [6.07, 6.45) is -0.420. The van der Waals surface area contributed by atoms with Gasteiger partial charge in [0.25, 0.3) is 0 Å². The topological polar surface area (TPSA) is 52.9 Å². The van der Waals surface area contributed by atoms with Crippen LogP contribution in [0.15, 0.2) is 0 Å². The number of hydrogen-bond donors (Lipinski definition) is 2. The van der Waals surface area contributed by atoms with E-state index in [1.54, 1.807) is 0 Å². The normalized spacial score (nSPS) is 30.4. The highest BCUT2D eigenvalue weighted by Gasteiger charge is 2.32. The van der Waals surface area contributed by atoms with Gasteiger partial charge in [-0.15, -0.1) is 0 Å². The SMILES string of the molecule is CC1COC(CO)CN1CC(C)(C)C(C)O. The fourth-order valence-corrected chi connectivity index (χ4v) is 1.86. The molecule has 1 fully saturated rings. The molecule has 0 amide bonds. The summed E-state index contributed by atoms with van der Waals surface area (Å²) in [5.74, 6) is 0. The van der Waals surface area contributed by atoms with E-state index in [4.69, 9.17) is 9.84 Å². The largest absolute Gasteiger partial charge is 0.394 e. The number of aliphatic hydroxyl groups excluding tert-OH is 2. The smallest absolute Gasteiger partial charge is 0.0933 e. The highest BCUT2D eigenvalue weighted by molar-refractivity contribution is 4.84. The lowest BCUT2D eigenvalue weighted by molar-refractivity contribution is -0.0941. The second kappa shape index (κ2) is 5.45. The van der Waals surface area contributed by atoms with Crippen molar-refractivity contribution in [3.05, 3.63) is 0 Å². The van der Waals surface area contributed by atoms with E-state index in [0.29, 0.717) is 12.6 Å². The first-order valence-corrected chi connectivity index (χ1v) is 6.01. The Bertz CT molecular complexity index is 218. The van der Waals surface area contributed by atoms with Gasteiger partial charge in [-0.05, 0) is 13.8 Å². The van der Waals surface area contributed by atoms with Crippen LogP contribution in [-0.2, 0) is 4.74 Å². The Kier molecular flexibility index (Phi) is 4.73. The van der Waals surface area contributed by atoms with Gasteiger partial charge in [-0.25, -0.2) is 0 Å². The van der Waals surface area contributed by atoms with Crippen molar-refractivity contribution >= 4 is 0 Å². The van der Waals surface area contributed by atoms with E-state index >= 15 is 0 Å². The molecule has 16 heavy (non-hydrogen) atoms. The highest BCUT2D eigenvalue weighted by atomic mass is 16.5. The van der Waals surface area contributed by atoms with Crippen molar-refractivity contribution in [3.8, 4) is 0 Å². The van der Waals surface area contributed by atoms with Gasteiger partial charge in [0.1, 0.15) is 0 Å². The molecule has 0 saturated carbocycles. The standard InChI is InChI=1S/C12H25NO3/c1-9-7-16-11(6-14)5-13(9)8-12(3,4)10(2)15/h9-11,14-15H,5-8H2,1-4H3. The van der Waals surface area contributed by atoms with Crippen molar-refractivity contribution in [2.45, 2.75) is 45.9 Å². The van der Waals surface area contributed by atoms with E-state index in [2.05, 4.69) is 25.7 Å². The number of rotatable bonds is 4. The lowest BCUT2D eigenvalue weighted by atomic mass is 9.86. The van der Waals surface area contributed by atoms with Crippen LogP contribution < -0.4 is 0 Å². The van der Waals surface area contributed by atoms with Gasteiger partial charge in [0.05, 0.1) is 25.4 Å². The van der Waals surface area contributed by atoms with Gasteiger partial charge in [0.15, 0.2) is 0 Å². The summed E-state index contributed by atoms with van der Waals surface area (Å²) in [4.78, 5) is 2.29. The van der Waals surface area contributed by atoms with Gasteiger partial charge in [-0.2, -0.15) is 0 Å². The molecule has 1 aliphatic rings. The maximum atomic E-state index is 9.71. The Morgan fingerprint density at radius 1 is 1.50 bits per heavy atom. The molecular weight excluding hydrogens is 206 g/mol. The number of aliphatic hydroxyl groups is 2. The third kappa shape index (κ3) is 3.42. The molecule has 3 atom stereocenters. The summed E-state index contributed by atoms with van der Waals surface area (Å²) in [6, 6.07) is 0.348. The van der Waals surface area contributed by atoms with E-state index < -0.39 is 0 Å². The van der Waals surface area contributed by atoms with Gasteiger partial charge < -0.3 is 14.9 Å². The molecule has 0 aromatic heterocycles. The van der Waals surface area contributed by atoms with Crippen molar-refractivity contribution in [2.75, 3.05) is 26.3 Å². The second-order valence-electron chi connectivity index (χ2n) is 5.58. The maximum absolute atomic E-state index is 9.71. The Hall–Kier alpha value is -0.160. The molecule has 0 radical (unpaired) electrons. The van der Waals surface area contributed by atoms with Gasteiger partial charge >= 0.3 is 0 Å². The van der Waals surface area contributed by atoms with Crippen molar-refractivity contribution < 1.29 is 14.9 Å². The molecule has 96 valence electrons. The molecule has 4 heteroatoms. The van der Waals surface area contributed by atoms with Crippen LogP contribution in [0.5, 0.6) is 0 Å². The van der Waals surface area contributed by atoms with Gasteiger partial charge in [-0.3, -0.25) is 4.90 Å². The van der Waals surface area contributed by atoms with E-state index in [1.807, 2.05) is 6.92 Å². The van der Waals surface area contributed by atoms with Gasteiger partial charge in [0.2, 0.25) is 0 Å². The Balaban J connectivity index is 2.57. The van der Waals surface area contributed by atoms with Crippen molar-refractivity contribution in [3.63, 3.8) is 0 Å². The number of nitrogens with zero attached hydrogens (tertiary/aromatic N) is 1. The fraction of sp³-hybridized carbons (Fsp3) is 1.00. The number of ether oxygens (including phenoxy) is 1. The van der Waals surface area contributed by atoms with E-state index in [9.17, 15) is 5.11 Å². The summed E-state index contributed by atoms with van der Waals surface area (Å²) in [7, 11) is 0. The van der Waals surface area contributed by atoms with E-state index in [-0.39, 0.29) is 24.2 Å². The third-order valence-corrected chi connectivity index (χ3v) is 3.58. The summed E-state index contributed by atoms with van der Waals surface area (Å²) in [5.41, 5.74) is -0.133. The first kappa shape index (κ1) is 13.9. The molecule has 0 bridgehead atoms. The Labute approximate surface area is 98.2 Å². The molecule has 1 rings (SSSR count). The monoisotopic (exact) mass is 231 g/mol. The predicted octanol–water partition coefficient (Wildman–Crippen LogP) is 0.475. The minimum absolute atomic E-state index is 0.0678. The van der Waals surface area contributed by atoms with Crippen LogP contribution in [0.25, 0.3) is 0 Å². The van der Waals surface area contributed by atoms with Crippen LogP contribution in [0.2, 0.25) is 0 Å². The molecule has 0 aromatic rings. The van der Waals surface area contributed by atoms with E-state index in [1.165, 1.54) is 0 Å². The minimum atomic E-state index is -0.338. The summed E-state index contributed by atoms with van der Waals surface area (Å²) in [6.45, 7) is 10.4. The van der Waals surface area contributed by atoms with Crippen LogP contribution in [0, 0.1) is 5.41 Å². The zero-order valence-electron chi connectivity index (χ0n) is 10.8.